The molecule has 1 saturated heterocycles. The molecule has 7 heteroatoms. The molecule has 21 heavy (non-hydrogen) atoms. The number of ether oxygens (including phenoxy) is 3. The zero-order chi connectivity index (χ0) is 15.2. The normalized spacial score (nSPS) is 18.2. The maximum Gasteiger partial charge on any atom is 0.331 e. The Hall–Kier alpha value is -2.15. The number of hydrogen-bond donors (Lipinski definition) is 0. The number of esters is 1. The highest BCUT2D eigenvalue weighted by atomic mass is 19.1. The van der Waals surface area contributed by atoms with E-state index in [9.17, 15) is 14.0 Å². The van der Waals surface area contributed by atoms with Crippen molar-refractivity contribution in [3.8, 4) is 5.75 Å². The van der Waals surface area contributed by atoms with Gasteiger partial charge in [-0.15, -0.1) is 0 Å². The minimum Gasteiger partial charge on any atom is -0.484 e. The summed E-state index contributed by atoms with van der Waals surface area (Å²) in [4.78, 5) is 25.1. The van der Waals surface area contributed by atoms with Gasteiger partial charge in [-0.25, -0.2) is 9.18 Å². The van der Waals surface area contributed by atoms with Crippen molar-refractivity contribution in [2.24, 2.45) is 0 Å². The molecule has 1 aromatic rings. The average molecular weight is 297 g/mol. The van der Waals surface area contributed by atoms with Crippen molar-refractivity contribution in [2.45, 2.75) is 6.04 Å². The first-order valence-electron chi connectivity index (χ1n) is 6.45. The lowest BCUT2D eigenvalue weighted by molar-refractivity contribution is -0.161. The van der Waals surface area contributed by atoms with Gasteiger partial charge in [0.25, 0.3) is 5.91 Å². The monoisotopic (exact) mass is 297 g/mol. The first kappa shape index (κ1) is 15.2. The smallest absolute Gasteiger partial charge is 0.331 e. The zero-order valence-corrected chi connectivity index (χ0v) is 11.6. The molecule has 0 spiro atoms. The lowest BCUT2D eigenvalue weighted by Crippen LogP contribution is -2.54. The quantitative estimate of drug-likeness (QED) is 0.762. The molecule has 1 amide bonds. The van der Waals surface area contributed by atoms with Crippen molar-refractivity contribution in [2.75, 3.05) is 33.5 Å². The molecule has 1 aromatic carbocycles. The van der Waals surface area contributed by atoms with E-state index in [-0.39, 0.29) is 24.9 Å². The lowest BCUT2D eigenvalue weighted by Gasteiger charge is -2.33. The second-order valence-corrected chi connectivity index (χ2v) is 4.44. The van der Waals surface area contributed by atoms with Crippen LogP contribution in [-0.4, -0.2) is 56.3 Å². The Kier molecular flexibility index (Phi) is 5.10. The van der Waals surface area contributed by atoms with E-state index in [4.69, 9.17) is 9.47 Å². The summed E-state index contributed by atoms with van der Waals surface area (Å²) in [7, 11) is 1.26. The number of nitrogens with zero attached hydrogens (tertiary/aromatic N) is 1. The largest absolute Gasteiger partial charge is 0.484 e. The summed E-state index contributed by atoms with van der Waals surface area (Å²) in [5, 5.41) is 0. The molecule has 114 valence electrons. The van der Waals surface area contributed by atoms with E-state index in [1.807, 2.05) is 0 Å². The van der Waals surface area contributed by atoms with E-state index >= 15 is 0 Å². The second-order valence-electron chi connectivity index (χ2n) is 4.44. The Morgan fingerprint density at radius 1 is 1.38 bits per heavy atom. The van der Waals surface area contributed by atoms with Gasteiger partial charge >= 0.3 is 5.97 Å². The third-order valence-electron chi connectivity index (χ3n) is 3.10. The van der Waals surface area contributed by atoms with E-state index in [0.717, 1.165) is 0 Å². The van der Waals surface area contributed by atoms with Gasteiger partial charge in [0, 0.05) is 6.54 Å². The molecule has 1 atom stereocenters. The summed E-state index contributed by atoms with van der Waals surface area (Å²) in [5.41, 5.74) is 0. The molecular formula is C14H16FNO5. The first-order valence-corrected chi connectivity index (χ1v) is 6.45. The highest BCUT2D eigenvalue weighted by Crippen LogP contribution is 2.13. The van der Waals surface area contributed by atoms with E-state index in [0.29, 0.717) is 18.9 Å². The van der Waals surface area contributed by atoms with Gasteiger partial charge in [-0.3, -0.25) is 4.79 Å². The van der Waals surface area contributed by atoms with Crippen LogP contribution in [0.2, 0.25) is 0 Å². The van der Waals surface area contributed by atoms with Crippen LogP contribution in [0.15, 0.2) is 24.3 Å². The number of amides is 1. The Balaban J connectivity index is 1.94. The van der Waals surface area contributed by atoms with Crippen molar-refractivity contribution in [3.63, 3.8) is 0 Å². The van der Waals surface area contributed by atoms with Crippen LogP contribution in [0.4, 0.5) is 4.39 Å². The van der Waals surface area contributed by atoms with E-state index in [1.54, 1.807) is 0 Å². The van der Waals surface area contributed by atoms with Crippen LogP contribution in [0, 0.1) is 5.82 Å². The van der Waals surface area contributed by atoms with Crippen molar-refractivity contribution < 1.29 is 28.2 Å². The third kappa shape index (κ3) is 3.91. The standard InChI is InChI=1S/C14H16FNO5/c1-19-14(18)12-8-20-7-6-16(12)13(17)9-21-11-4-2-10(15)3-5-11/h2-5,12H,6-9H2,1H3. The maximum absolute atomic E-state index is 12.8. The van der Waals surface area contributed by atoms with Gasteiger partial charge < -0.3 is 19.1 Å². The molecule has 0 N–H and O–H groups in total. The number of rotatable bonds is 4. The number of carbonyl (C=O) groups is 2. The summed E-state index contributed by atoms with van der Waals surface area (Å²) in [6.07, 6.45) is 0. The van der Waals surface area contributed by atoms with Crippen LogP contribution in [0.1, 0.15) is 0 Å². The van der Waals surface area contributed by atoms with Gasteiger partial charge in [0.1, 0.15) is 11.6 Å². The number of benzene rings is 1. The Morgan fingerprint density at radius 2 is 2.10 bits per heavy atom. The van der Waals surface area contributed by atoms with Crippen molar-refractivity contribution in [1.82, 2.24) is 4.90 Å². The molecule has 6 nitrogen and oxygen atoms in total. The number of methoxy groups -OCH3 is 1. The van der Waals surface area contributed by atoms with Crippen LogP contribution in [-0.2, 0) is 19.1 Å². The Labute approximate surface area is 121 Å². The summed E-state index contributed by atoms with van der Waals surface area (Å²) < 4.78 is 27.9. The van der Waals surface area contributed by atoms with E-state index < -0.39 is 12.0 Å². The topological polar surface area (TPSA) is 65.1 Å². The van der Waals surface area contributed by atoms with Crippen molar-refractivity contribution in [3.05, 3.63) is 30.1 Å². The SMILES string of the molecule is COC(=O)C1COCCN1C(=O)COc1ccc(F)cc1. The molecule has 1 fully saturated rings. The van der Waals surface area contributed by atoms with Gasteiger partial charge in [0.15, 0.2) is 12.6 Å². The fraction of sp³-hybridized carbons (Fsp3) is 0.429. The molecule has 0 saturated carbocycles. The highest BCUT2D eigenvalue weighted by molar-refractivity contribution is 5.85. The van der Waals surface area contributed by atoms with E-state index in [1.165, 1.54) is 36.3 Å². The van der Waals surface area contributed by atoms with Crippen LogP contribution in [0.25, 0.3) is 0 Å². The van der Waals surface area contributed by atoms with Crippen molar-refractivity contribution >= 4 is 11.9 Å². The number of carbonyl (C=O) groups excluding carboxylic acids is 2. The number of hydrogen-bond acceptors (Lipinski definition) is 5. The van der Waals surface area contributed by atoms with Crippen LogP contribution in [0.3, 0.4) is 0 Å². The highest BCUT2D eigenvalue weighted by Gasteiger charge is 2.33. The van der Waals surface area contributed by atoms with Crippen molar-refractivity contribution in [1.29, 1.82) is 0 Å². The second kappa shape index (κ2) is 7.03. The molecule has 1 heterocycles. The molecule has 0 aromatic heterocycles. The predicted molar refractivity (Wildman–Crippen MR) is 70.2 cm³/mol. The molecule has 0 aliphatic carbocycles. The molecule has 1 aliphatic rings. The van der Waals surface area contributed by atoms with Crippen LogP contribution in [0.5, 0.6) is 5.75 Å². The minimum absolute atomic E-state index is 0.106. The summed E-state index contributed by atoms with van der Waals surface area (Å²) in [5.74, 6) is -0.872. The molecule has 0 bridgehead atoms. The molecule has 1 aliphatic heterocycles. The van der Waals surface area contributed by atoms with Gasteiger partial charge in [0.05, 0.1) is 20.3 Å². The average Bonchev–Trinajstić information content (AvgIpc) is 2.53. The Bertz CT molecular complexity index is 505. The molecule has 2 rings (SSSR count). The number of morpholine rings is 1. The predicted octanol–water partition coefficient (Wildman–Crippen LogP) is 0.605. The summed E-state index contributed by atoms with van der Waals surface area (Å²) >= 11 is 0. The summed E-state index contributed by atoms with van der Waals surface area (Å²) in [6.45, 7) is 0.523. The Morgan fingerprint density at radius 3 is 2.76 bits per heavy atom. The molecule has 1 unspecified atom stereocenters. The fourth-order valence-electron chi connectivity index (χ4n) is 1.99. The summed E-state index contributed by atoms with van der Waals surface area (Å²) in [6, 6.07) is 4.59. The van der Waals surface area contributed by atoms with Crippen LogP contribution >= 0.6 is 0 Å². The van der Waals surface area contributed by atoms with Gasteiger partial charge in [-0.05, 0) is 24.3 Å². The maximum atomic E-state index is 12.8. The minimum atomic E-state index is -0.756. The zero-order valence-electron chi connectivity index (χ0n) is 11.6. The van der Waals surface area contributed by atoms with Gasteiger partial charge in [0.2, 0.25) is 0 Å². The number of halogens is 1. The lowest BCUT2D eigenvalue weighted by atomic mass is 10.2. The van der Waals surface area contributed by atoms with Crippen LogP contribution < -0.4 is 4.74 Å². The molecular weight excluding hydrogens is 281 g/mol. The van der Waals surface area contributed by atoms with E-state index in [2.05, 4.69) is 4.74 Å². The molecule has 0 radical (unpaired) electrons. The first-order chi connectivity index (χ1) is 10.1. The fourth-order valence-corrected chi connectivity index (χ4v) is 1.99. The third-order valence-corrected chi connectivity index (χ3v) is 3.10. The van der Waals surface area contributed by atoms with Gasteiger partial charge in [-0.1, -0.05) is 0 Å². The van der Waals surface area contributed by atoms with Gasteiger partial charge in [-0.2, -0.15) is 0 Å².